The minimum Gasteiger partial charge on any atom is -0.507 e. The summed E-state index contributed by atoms with van der Waals surface area (Å²) in [4.78, 5) is 11.3. The van der Waals surface area contributed by atoms with E-state index < -0.39 is 6.10 Å². The van der Waals surface area contributed by atoms with Crippen LogP contribution in [0.3, 0.4) is 0 Å². The number of rotatable bonds is 5. The van der Waals surface area contributed by atoms with Crippen LogP contribution < -0.4 is 4.74 Å². The SMILES string of the molecule is CC1=C(c2cc3cc(OCc4ccc(C)c(C)c4)ccc3o2)OC(C=O)C(C)=C1O. The normalized spacial score (nSPS) is 16.7. The van der Waals surface area contributed by atoms with Gasteiger partial charge in [0, 0.05) is 16.5 Å². The van der Waals surface area contributed by atoms with Crippen LogP contribution in [0.15, 0.2) is 63.8 Å². The van der Waals surface area contributed by atoms with Crippen molar-refractivity contribution in [1.82, 2.24) is 0 Å². The molecular formula is C25H24O5. The first-order valence-corrected chi connectivity index (χ1v) is 9.83. The zero-order valence-electron chi connectivity index (χ0n) is 17.5. The van der Waals surface area contributed by atoms with E-state index in [1.165, 1.54) is 11.1 Å². The van der Waals surface area contributed by atoms with E-state index in [9.17, 15) is 9.90 Å². The third kappa shape index (κ3) is 3.59. The van der Waals surface area contributed by atoms with Gasteiger partial charge in [-0.15, -0.1) is 0 Å². The number of aliphatic hydroxyl groups excluding tert-OH is 1. The largest absolute Gasteiger partial charge is 0.507 e. The molecule has 0 saturated carbocycles. The molecule has 1 aliphatic rings. The Kier molecular flexibility index (Phi) is 5.12. The first-order chi connectivity index (χ1) is 14.4. The van der Waals surface area contributed by atoms with Gasteiger partial charge in [0.2, 0.25) is 0 Å². The quantitative estimate of drug-likeness (QED) is 0.545. The highest BCUT2D eigenvalue weighted by atomic mass is 16.5. The summed E-state index contributed by atoms with van der Waals surface area (Å²) in [7, 11) is 0. The van der Waals surface area contributed by atoms with Crippen molar-refractivity contribution in [2.45, 2.75) is 40.4 Å². The molecule has 0 spiro atoms. The Bertz CT molecular complexity index is 1200. The molecule has 1 atom stereocenters. The third-order valence-electron chi connectivity index (χ3n) is 5.55. The molecule has 0 aliphatic carbocycles. The number of aldehydes is 1. The second kappa shape index (κ2) is 7.75. The second-order valence-corrected chi connectivity index (χ2v) is 7.68. The number of carbonyl (C=O) groups is 1. The lowest BCUT2D eigenvalue weighted by atomic mass is 10.0. The fraction of sp³-hybridized carbons (Fsp3) is 0.240. The molecule has 0 radical (unpaired) electrons. The lowest BCUT2D eigenvalue weighted by molar-refractivity contribution is -0.113. The molecule has 4 rings (SSSR count). The number of aryl methyl sites for hydroxylation is 2. The highest BCUT2D eigenvalue weighted by Gasteiger charge is 2.28. The monoisotopic (exact) mass is 404 g/mol. The summed E-state index contributed by atoms with van der Waals surface area (Å²) in [6, 6.07) is 13.7. The van der Waals surface area contributed by atoms with E-state index in [2.05, 4.69) is 32.0 Å². The fourth-order valence-corrected chi connectivity index (χ4v) is 3.50. The number of hydrogen-bond acceptors (Lipinski definition) is 5. The Morgan fingerprint density at radius 2 is 1.83 bits per heavy atom. The van der Waals surface area contributed by atoms with E-state index in [-0.39, 0.29) is 5.76 Å². The number of fused-ring (bicyclic) bond motifs is 1. The zero-order chi connectivity index (χ0) is 21.4. The van der Waals surface area contributed by atoms with Crippen LogP contribution in [0.4, 0.5) is 0 Å². The molecule has 30 heavy (non-hydrogen) atoms. The molecule has 1 aliphatic heterocycles. The maximum absolute atomic E-state index is 11.3. The van der Waals surface area contributed by atoms with Crippen molar-refractivity contribution in [3.8, 4) is 5.75 Å². The molecule has 3 aromatic rings. The fourth-order valence-electron chi connectivity index (χ4n) is 3.50. The van der Waals surface area contributed by atoms with Crippen molar-refractivity contribution in [3.63, 3.8) is 0 Å². The molecule has 1 N–H and O–H groups in total. The minimum absolute atomic E-state index is 0.0613. The molecule has 1 aromatic heterocycles. The van der Waals surface area contributed by atoms with Crippen LogP contribution >= 0.6 is 0 Å². The topological polar surface area (TPSA) is 68.9 Å². The number of carbonyl (C=O) groups excluding carboxylic acids is 1. The van der Waals surface area contributed by atoms with Gasteiger partial charge in [-0.3, -0.25) is 4.79 Å². The lowest BCUT2D eigenvalue weighted by Crippen LogP contribution is -2.22. The first-order valence-electron chi connectivity index (χ1n) is 9.83. The molecule has 2 aromatic carbocycles. The van der Waals surface area contributed by atoms with Gasteiger partial charge in [-0.2, -0.15) is 0 Å². The number of allylic oxidation sites excluding steroid dienone is 1. The highest BCUT2D eigenvalue weighted by Crippen LogP contribution is 2.36. The van der Waals surface area contributed by atoms with Gasteiger partial charge >= 0.3 is 0 Å². The first kappa shape index (κ1) is 19.8. The summed E-state index contributed by atoms with van der Waals surface area (Å²) < 4.78 is 17.6. The zero-order valence-corrected chi connectivity index (χ0v) is 17.5. The van der Waals surface area contributed by atoms with Crippen molar-refractivity contribution in [2.75, 3.05) is 0 Å². The van der Waals surface area contributed by atoms with Crippen LogP contribution in [0.1, 0.15) is 36.3 Å². The summed E-state index contributed by atoms with van der Waals surface area (Å²) in [5.74, 6) is 1.61. The van der Waals surface area contributed by atoms with E-state index in [1.54, 1.807) is 13.8 Å². The molecule has 0 amide bonds. The molecule has 0 bridgehead atoms. The summed E-state index contributed by atoms with van der Waals surface area (Å²) in [6.07, 6.45) is -0.159. The Morgan fingerprint density at radius 1 is 1.03 bits per heavy atom. The van der Waals surface area contributed by atoms with Crippen molar-refractivity contribution in [3.05, 3.63) is 81.8 Å². The van der Waals surface area contributed by atoms with Crippen LogP contribution in [0, 0.1) is 13.8 Å². The van der Waals surface area contributed by atoms with E-state index in [0.717, 1.165) is 16.7 Å². The van der Waals surface area contributed by atoms with E-state index >= 15 is 0 Å². The van der Waals surface area contributed by atoms with Crippen LogP contribution in [-0.2, 0) is 16.1 Å². The molecule has 5 heteroatoms. The Morgan fingerprint density at radius 3 is 2.57 bits per heavy atom. The summed E-state index contributed by atoms with van der Waals surface area (Å²) in [5, 5.41) is 11.2. The number of furan rings is 1. The number of ether oxygens (including phenoxy) is 2. The lowest BCUT2D eigenvalue weighted by Gasteiger charge is -2.24. The standard InChI is InChI=1S/C25H24O5/c1-14-5-6-18(9-15(14)2)13-28-20-7-8-21-19(10-20)11-22(29-21)25-17(4)24(27)16(3)23(12-26)30-25/h5-12,23,27H,13H2,1-4H3. The summed E-state index contributed by atoms with van der Waals surface area (Å²) in [6.45, 7) is 8.06. The van der Waals surface area contributed by atoms with Crippen molar-refractivity contribution >= 4 is 23.0 Å². The average molecular weight is 404 g/mol. The molecule has 1 unspecified atom stereocenters. The van der Waals surface area contributed by atoms with Crippen molar-refractivity contribution in [2.24, 2.45) is 0 Å². The van der Waals surface area contributed by atoms with E-state index in [1.807, 2.05) is 24.3 Å². The Labute approximate surface area is 175 Å². The number of benzene rings is 2. The minimum atomic E-state index is -0.825. The van der Waals surface area contributed by atoms with Gasteiger partial charge in [-0.1, -0.05) is 18.2 Å². The van der Waals surface area contributed by atoms with Crippen molar-refractivity contribution in [1.29, 1.82) is 0 Å². The molecule has 154 valence electrons. The van der Waals surface area contributed by atoms with E-state index in [4.69, 9.17) is 13.9 Å². The molecule has 2 heterocycles. The average Bonchev–Trinajstić information content (AvgIpc) is 3.16. The highest BCUT2D eigenvalue weighted by molar-refractivity contribution is 5.84. The van der Waals surface area contributed by atoms with Gasteiger partial charge < -0.3 is 19.0 Å². The Hall–Kier alpha value is -3.47. The number of hydrogen-bond donors (Lipinski definition) is 1. The van der Waals surface area contributed by atoms with Crippen LogP contribution in [0.5, 0.6) is 5.75 Å². The predicted octanol–water partition coefficient (Wildman–Crippen LogP) is 5.79. The molecule has 0 saturated heterocycles. The predicted molar refractivity (Wildman–Crippen MR) is 115 cm³/mol. The van der Waals surface area contributed by atoms with Gasteiger partial charge in [0.1, 0.15) is 23.7 Å². The number of aliphatic hydroxyl groups is 1. The summed E-state index contributed by atoms with van der Waals surface area (Å²) in [5.41, 5.74) is 5.30. The molecule has 0 fully saturated rings. The molecule has 5 nitrogen and oxygen atoms in total. The van der Waals surface area contributed by atoms with Crippen LogP contribution in [-0.4, -0.2) is 17.5 Å². The second-order valence-electron chi connectivity index (χ2n) is 7.68. The maximum atomic E-state index is 11.3. The Balaban J connectivity index is 1.60. The maximum Gasteiger partial charge on any atom is 0.178 e. The van der Waals surface area contributed by atoms with Crippen molar-refractivity contribution < 1.29 is 23.8 Å². The van der Waals surface area contributed by atoms with Gasteiger partial charge in [0.15, 0.2) is 23.9 Å². The van der Waals surface area contributed by atoms with Gasteiger partial charge in [-0.05, 0) is 68.7 Å². The van der Waals surface area contributed by atoms with Crippen LogP contribution in [0.25, 0.3) is 16.7 Å². The smallest absolute Gasteiger partial charge is 0.178 e. The van der Waals surface area contributed by atoms with E-state index in [0.29, 0.717) is 41.1 Å². The van der Waals surface area contributed by atoms with Gasteiger partial charge in [0.25, 0.3) is 0 Å². The summed E-state index contributed by atoms with van der Waals surface area (Å²) >= 11 is 0. The third-order valence-corrected chi connectivity index (χ3v) is 5.55. The molecular weight excluding hydrogens is 380 g/mol. The van der Waals surface area contributed by atoms with Crippen LogP contribution in [0.2, 0.25) is 0 Å². The van der Waals surface area contributed by atoms with Gasteiger partial charge in [0.05, 0.1) is 0 Å². The van der Waals surface area contributed by atoms with Gasteiger partial charge in [-0.25, -0.2) is 0 Å².